The average Bonchev–Trinajstić information content (AvgIpc) is 0.899. The number of carbonyl (C=O) groups is 4. The molecule has 0 aromatic rings. The molecule has 19 heteroatoms. The monoisotopic (exact) mass is 1560 g/mol. The Kier molecular flexibility index (Phi) is 75.3. The van der Waals surface area contributed by atoms with Gasteiger partial charge in [0.2, 0.25) is 0 Å². The second-order valence-electron chi connectivity index (χ2n) is 33.1. The molecule has 3 N–H and O–H groups in total. The third kappa shape index (κ3) is 79.1. The van der Waals surface area contributed by atoms with Gasteiger partial charge in [-0.2, -0.15) is 0 Å². The first-order chi connectivity index (χ1) is 51.7. The molecule has 0 aliphatic heterocycles. The van der Waals surface area contributed by atoms with E-state index in [0.717, 1.165) is 114 Å². The van der Waals surface area contributed by atoms with Crippen LogP contribution in [0.3, 0.4) is 0 Å². The molecule has 0 spiro atoms. The number of rotatable bonds is 85. The summed E-state index contributed by atoms with van der Waals surface area (Å²) < 4.78 is 69.0. The van der Waals surface area contributed by atoms with Crippen molar-refractivity contribution in [3.8, 4) is 0 Å². The first-order valence-electron chi connectivity index (χ1n) is 45.3. The Morgan fingerprint density at radius 1 is 0.262 bits per heavy atom. The Labute approximate surface area is 658 Å². The van der Waals surface area contributed by atoms with Crippen LogP contribution in [0, 0.1) is 23.7 Å². The van der Waals surface area contributed by atoms with E-state index >= 15 is 0 Å². The maximum atomic E-state index is 13.2. The summed E-state index contributed by atoms with van der Waals surface area (Å²) in [5.41, 5.74) is 0. The van der Waals surface area contributed by atoms with Crippen LogP contribution in [0.2, 0.25) is 0 Å². The van der Waals surface area contributed by atoms with Crippen molar-refractivity contribution in [3.05, 3.63) is 0 Å². The number of aliphatic hydroxyl groups is 1. The summed E-state index contributed by atoms with van der Waals surface area (Å²) in [6.07, 6.45) is 66.5. The normalized spacial score (nSPS) is 14.4. The van der Waals surface area contributed by atoms with Gasteiger partial charge in [-0.1, -0.05) is 409 Å². The third-order valence-electron chi connectivity index (χ3n) is 21.3. The zero-order valence-corrected chi connectivity index (χ0v) is 72.6. The number of unbranched alkanes of at least 4 members (excludes halogenated alkanes) is 49. The standard InChI is InChI=1S/C88H172O17P2/c1-9-80(7)66-58-50-42-34-28-21-17-13-11-12-14-18-23-30-36-46-54-62-70-87(92)104-83(74-98-85(90)68-60-52-44-35-29-22-19-15-16-20-26-32-40-48-56-64-78(3)4)76-102-106(94,95)100-72-82(89)73-101-107(96,97)103-77-84(75-99-86(91)69-61-53-45-39-38-43-51-59-67-81(8)10-2)105-88(93)71-63-55-47-37-31-25-24-27-33-41-49-57-65-79(5)6/h78-84,89H,9-77H2,1-8H3,(H,94,95)(H,96,97)/t80?,81?,82-,83-,84-/m1/s1. The highest BCUT2D eigenvalue weighted by molar-refractivity contribution is 7.47. The molecule has 7 atom stereocenters. The van der Waals surface area contributed by atoms with Gasteiger partial charge in [-0.3, -0.25) is 37.3 Å². The number of phosphoric ester groups is 2. The highest BCUT2D eigenvalue weighted by Crippen LogP contribution is 2.45. The highest BCUT2D eigenvalue weighted by Gasteiger charge is 2.31. The molecule has 0 aliphatic carbocycles. The lowest BCUT2D eigenvalue weighted by Crippen LogP contribution is -2.30. The van der Waals surface area contributed by atoms with Gasteiger partial charge >= 0.3 is 39.5 Å². The van der Waals surface area contributed by atoms with Crippen molar-refractivity contribution >= 4 is 39.5 Å². The minimum absolute atomic E-state index is 0.106. The number of ether oxygens (including phenoxy) is 4. The van der Waals surface area contributed by atoms with Crippen LogP contribution in [0.1, 0.15) is 460 Å². The molecule has 107 heavy (non-hydrogen) atoms. The number of hydrogen-bond acceptors (Lipinski definition) is 15. The maximum Gasteiger partial charge on any atom is 0.472 e. The molecule has 0 aliphatic rings. The summed E-state index contributed by atoms with van der Waals surface area (Å²) in [7, 11) is -9.93. The third-order valence-corrected chi connectivity index (χ3v) is 23.2. The molecule has 4 unspecified atom stereocenters. The SMILES string of the molecule is CCC(C)CCCCCCCCCCCCCCCCCCCCC(=O)O[C@H](COC(=O)CCCCCCCCCCCCCCCCCC(C)C)COP(=O)(O)OC[C@@H](O)COP(=O)(O)OC[C@@H](COC(=O)CCCCCCCCCCC(C)CC)OC(=O)CCCCCCCCCCCCCCC(C)C. The first-order valence-corrected chi connectivity index (χ1v) is 48.3. The molecule has 0 fully saturated rings. The van der Waals surface area contributed by atoms with Crippen LogP contribution in [0.25, 0.3) is 0 Å². The molecule has 0 rings (SSSR count). The van der Waals surface area contributed by atoms with Crippen LogP contribution in [-0.2, 0) is 65.4 Å². The van der Waals surface area contributed by atoms with E-state index < -0.39 is 97.5 Å². The van der Waals surface area contributed by atoms with E-state index in [1.54, 1.807) is 0 Å². The second kappa shape index (κ2) is 76.7. The van der Waals surface area contributed by atoms with Gasteiger partial charge in [-0.25, -0.2) is 9.13 Å². The van der Waals surface area contributed by atoms with Gasteiger partial charge in [0, 0.05) is 25.7 Å². The van der Waals surface area contributed by atoms with Crippen LogP contribution < -0.4 is 0 Å². The lowest BCUT2D eigenvalue weighted by Gasteiger charge is -2.21. The van der Waals surface area contributed by atoms with Crippen molar-refractivity contribution in [1.82, 2.24) is 0 Å². The number of hydrogen-bond donors (Lipinski definition) is 3. The Bertz CT molecular complexity index is 2080. The Hall–Kier alpha value is -1.94. The van der Waals surface area contributed by atoms with Gasteiger partial charge in [-0.15, -0.1) is 0 Å². The molecule has 0 saturated heterocycles. The molecule has 0 aromatic carbocycles. The van der Waals surface area contributed by atoms with Crippen molar-refractivity contribution < 1.29 is 80.2 Å². The summed E-state index contributed by atoms with van der Waals surface area (Å²) >= 11 is 0. The van der Waals surface area contributed by atoms with E-state index in [4.69, 9.17) is 37.0 Å². The fraction of sp³-hybridized carbons (Fsp3) is 0.955. The molecule has 0 radical (unpaired) electrons. The fourth-order valence-corrected chi connectivity index (χ4v) is 15.2. The topological polar surface area (TPSA) is 237 Å². The van der Waals surface area contributed by atoms with E-state index in [1.165, 1.54) is 263 Å². The first kappa shape index (κ1) is 105. The van der Waals surface area contributed by atoms with Gasteiger partial charge in [0.1, 0.15) is 19.3 Å². The van der Waals surface area contributed by atoms with Crippen LogP contribution in [0.4, 0.5) is 0 Å². The predicted molar refractivity (Wildman–Crippen MR) is 441 cm³/mol. The molecule has 17 nitrogen and oxygen atoms in total. The van der Waals surface area contributed by atoms with Gasteiger partial charge in [0.05, 0.1) is 26.4 Å². The smallest absolute Gasteiger partial charge is 0.462 e. The number of phosphoric acid groups is 2. The largest absolute Gasteiger partial charge is 0.472 e. The summed E-state index contributed by atoms with van der Waals surface area (Å²) in [5.74, 6) is 1.13. The van der Waals surface area contributed by atoms with E-state index in [1.807, 2.05) is 0 Å². The maximum absolute atomic E-state index is 13.2. The Morgan fingerprint density at radius 2 is 0.449 bits per heavy atom. The van der Waals surface area contributed by atoms with E-state index in [2.05, 4.69) is 55.4 Å². The van der Waals surface area contributed by atoms with Crippen molar-refractivity contribution in [1.29, 1.82) is 0 Å². The summed E-state index contributed by atoms with van der Waals surface area (Å²) in [4.78, 5) is 73.3. The molecule has 0 amide bonds. The Morgan fingerprint density at radius 3 is 0.664 bits per heavy atom. The minimum atomic E-state index is -4.97. The van der Waals surface area contributed by atoms with Crippen molar-refractivity contribution in [2.45, 2.75) is 478 Å². The molecule has 636 valence electrons. The second-order valence-corrected chi connectivity index (χ2v) is 36.0. The zero-order chi connectivity index (χ0) is 78.8. The fourth-order valence-electron chi connectivity index (χ4n) is 13.6. The van der Waals surface area contributed by atoms with Crippen molar-refractivity contribution in [3.63, 3.8) is 0 Å². The zero-order valence-electron chi connectivity index (χ0n) is 70.8. The molecule has 0 saturated carbocycles. The molecule has 0 heterocycles. The van der Waals surface area contributed by atoms with Gasteiger partial charge in [0.25, 0.3) is 0 Å². The molecule has 0 aromatic heterocycles. The molecule has 0 bridgehead atoms. The van der Waals surface area contributed by atoms with Crippen LogP contribution in [0.15, 0.2) is 0 Å². The van der Waals surface area contributed by atoms with Crippen molar-refractivity contribution in [2.24, 2.45) is 23.7 Å². The minimum Gasteiger partial charge on any atom is -0.462 e. The summed E-state index contributed by atoms with van der Waals surface area (Å²) in [6.45, 7) is 14.4. The number of aliphatic hydroxyl groups excluding tert-OH is 1. The van der Waals surface area contributed by atoms with Crippen LogP contribution >= 0.6 is 15.6 Å². The van der Waals surface area contributed by atoms with E-state index in [-0.39, 0.29) is 25.7 Å². The van der Waals surface area contributed by atoms with E-state index in [0.29, 0.717) is 25.7 Å². The quantitative estimate of drug-likeness (QED) is 0.0222. The van der Waals surface area contributed by atoms with Gasteiger partial charge in [-0.05, 0) is 49.4 Å². The molecular formula is C88H172O17P2. The van der Waals surface area contributed by atoms with Gasteiger partial charge in [0.15, 0.2) is 12.2 Å². The lowest BCUT2D eigenvalue weighted by atomic mass is 9.99. The number of carbonyl (C=O) groups excluding carboxylic acids is 4. The number of esters is 4. The lowest BCUT2D eigenvalue weighted by molar-refractivity contribution is -0.161. The summed E-state index contributed by atoms with van der Waals surface area (Å²) in [5, 5.41) is 10.7. The summed E-state index contributed by atoms with van der Waals surface area (Å²) in [6, 6.07) is 0. The average molecular weight is 1560 g/mol. The van der Waals surface area contributed by atoms with Gasteiger partial charge < -0.3 is 33.8 Å². The molecular weight excluding hydrogens is 1390 g/mol. The van der Waals surface area contributed by atoms with Crippen LogP contribution in [-0.4, -0.2) is 96.7 Å². The van der Waals surface area contributed by atoms with Crippen molar-refractivity contribution in [2.75, 3.05) is 39.6 Å². The Balaban J connectivity index is 5.25. The van der Waals surface area contributed by atoms with E-state index in [9.17, 15) is 43.2 Å². The highest BCUT2D eigenvalue weighted by atomic mass is 31.2. The predicted octanol–water partition coefficient (Wildman–Crippen LogP) is 26.7. The van der Waals surface area contributed by atoms with Crippen LogP contribution in [0.5, 0.6) is 0 Å².